The van der Waals surface area contributed by atoms with Crippen molar-refractivity contribution in [3.05, 3.63) is 35.9 Å². The first-order valence-corrected chi connectivity index (χ1v) is 8.61. The molecule has 1 fully saturated rings. The molecule has 0 aliphatic heterocycles. The standard InChI is InChI=1S/C19H29NO2/c1-3-14(2)18(16-7-5-4-6-8-16)19(22)20-17-11-9-15(13-21)10-12-17/h4-8,14-15,17-18,21H,3,9-13H2,1-2H3,(H,20,22). The van der Waals surface area contributed by atoms with Gasteiger partial charge in [-0.2, -0.15) is 0 Å². The summed E-state index contributed by atoms with van der Waals surface area (Å²) in [7, 11) is 0. The predicted octanol–water partition coefficient (Wildman–Crippen LogP) is 3.48. The van der Waals surface area contributed by atoms with Crippen LogP contribution in [-0.2, 0) is 4.79 Å². The molecule has 0 saturated heterocycles. The SMILES string of the molecule is CCC(C)C(C(=O)NC1CCC(CO)CC1)c1ccccc1. The fourth-order valence-corrected chi connectivity index (χ4v) is 3.41. The molecule has 1 aromatic rings. The number of amides is 1. The van der Waals surface area contributed by atoms with Crippen LogP contribution in [0.4, 0.5) is 0 Å². The van der Waals surface area contributed by atoms with Gasteiger partial charge in [0.15, 0.2) is 0 Å². The molecule has 22 heavy (non-hydrogen) atoms. The number of carbonyl (C=O) groups excluding carboxylic acids is 1. The number of carbonyl (C=O) groups is 1. The molecule has 3 nitrogen and oxygen atoms in total. The number of aliphatic hydroxyl groups is 1. The Morgan fingerprint density at radius 2 is 1.86 bits per heavy atom. The van der Waals surface area contributed by atoms with E-state index in [1.54, 1.807) is 0 Å². The van der Waals surface area contributed by atoms with Crippen LogP contribution in [-0.4, -0.2) is 23.7 Å². The summed E-state index contributed by atoms with van der Waals surface area (Å²) in [5.74, 6) is 0.846. The van der Waals surface area contributed by atoms with Gasteiger partial charge in [-0.3, -0.25) is 4.79 Å². The zero-order valence-electron chi connectivity index (χ0n) is 13.8. The minimum Gasteiger partial charge on any atom is -0.396 e. The maximum atomic E-state index is 12.8. The Balaban J connectivity index is 2.01. The van der Waals surface area contributed by atoms with Crippen molar-refractivity contribution < 1.29 is 9.90 Å². The van der Waals surface area contributed by atoms with Gasteiger partial charge in [0.1, 0.15) is 0 Å². The third-order valence-corrected chi connectivity index (χ3v) is 5.11. The Kier molecular flexibility index (Phi) is 6.44. The van der Waals surface area contributed by atoms with E-state index in [9.17, 15) is 9.90 Å². The quantitative estimate of drug-likeness (QED) is 0.845. The number of rotatable bonds is 6. The largest absolute Gasteiger partial charge is 0.396 e. The molecule has 1 amide bonds. The molecular formula is C19H29NO2. The first kappa shape index (κ1) is 17.0. The lowest BCUT2D eigenvalue weighted by molar-refractivity contribution is -0.124. The number of hydrogen-bond donors (Lipinski definition) is 2. The predicted molar refractivity (Wildman–Crippen MR) is 89.6 cm³/mol. The summed E-state index contributed by atoms with van der Waals surface area (Å²) in [5.41, 5.74) is 1.11. The summed E-state index contributed by atoms with van der Waals surface area (Å²) in [6, 6.07) is 10.4. The number of benzene rings is 1. The maximum absolute atomic E-state index is 12.8. The number of aliphatic hydroxyl groups excluding tert-OH is 1. The van der Waals surface area contributed by atoms with Crippen molar-refractivity contribution in [2.75, 3.05) is 6.61 Å². The Morgan fingerprint density at radius 1 is 1.23 bits per heavy atom. The van der Waals surface area contributed by atoms with Gasteiger partial charge in [-0.25, -0.2) is 0 Å². The van der Waals surface area contributed by atoms with Crippen molar-refractivity contribution in [1.29, 1.82) is 0 Å². The van der Waals surface area contributed by atoms with E-state index < -0.39 is 0 Å². The summed E-state index contributed by atoms with van der Waals surface area (Å²) in [6.45, 7) is 4.57. The average Bonchev–Trinajstić information content (AvgIpc) is 2.56. The van der Waals surface area contributed by atoms with Gasteiger partial charge in [0.05, 0.1) is 5.92 Å². The molecule has 3 heteroatoms. The van der Waals surface area contributed by atoms with Crippen LogP contribution in [0.2, 0.25) is 0 Å². The second-order valence-electron chi connectivity index (χ2n) is 6.68. The molecule has 1 saturated carbocycles. The van der Waals surface area contributed by atoms with E-state index in [4.69, 9.17) is 0 Å². The molecular weight excluding hydrogens is 274 g/mol. The summed E-state index contributed by atoms with van der Waals surface area (Å²) in [4.78, 5) is 12.8. The van der Waals surface area contributed by atoms with Crippen LogP contribution in [0.5, 0.6) is 0 Å². The van der Waals surface area contributed by atoms with Crippen molar-refractivity contribution in [2.24, 2.45) is 11.8 Å². The molecule has 2 unspecified atom stereocenters. The topological polar surface area (TPSA) is 49.3 Å². The van der Waals surface area contributed by atoms with Gasteiger partial charge in [-0.15, -0.1) is 0 Å². The van der Waals surface area contributed by atoms with Crippen LogP contribution < -0.4 is 5.32 Å². The van der Waals surface area contributed by atoms with Crippen molar-refractivity contribution in [2.45, 2.75) is 57.9 Å². The minimum atomic E-state index is -0.0678. The maximum Gasteiger partial charge on any atom is 0.228 e. The zero-order chi connectivity index (χ0) is 15.9. The molecule has 1 aromatic carbocycles. The lowest BCUT2D eigenvalue weighted by Gasteiger charge is -2.30. The second kappa shape index (κ2) is 8.33. The summed E-state index contributed by atoms with van der Waals surface area (Å²) in [6.07, 6.45) is 4.99. The van der Waals surface area contributed by atoms with Crippen molar-refractivity contribution in [3.63, 3.8) is 0 Å². The molecule has 0 aromatic heterocycles. The van der Waals surface area contributed by atoms with E-state index >= 15 is 0 Å². The highest BCUT2D eigenvalue weighted by molar-refractivity contribution is 5.84. The van der Waals surface area contributed by atoms with Gasteiger partial charge in [-0.05, 0) is 43.1 Å². The van der Waals surface area contributed by atoms with E-state index in [1.807, 2.05) is 18.2 Å². The fraction of sp³-hybridized carbons (Fsp3) is 0.632. The van der Waals surface area contributed by atoms with Crippen LogP contribution in [0.1, 0.15) is 57.4 Å². The highest BCUT2D eigenvalue weighted by Crippen LogP contribution is 2.29. The first-order valence-electron chi connectivity index (χ1n) is 8.61. The Labute approximate surface area is 134 Å². The van der Waals surface area contributed by atoms with Crippen molar-refractivity contribution in [3.8, 4) is 0 Å². The van der Waals surface area contributed by atoms with Gasteiger partial charge >= 0.3 is 0 Å². The molecule has 122 valence electrons. The summed E-state index contributed by atoms with van der Waals surface area (Å²) in [5, 5.41) is 12.5. The highest BCUT2D eigenvalue weighted by atomic mass is 16.3. The lowest BCUT2D eigenvalue weighted by atomic mass is 9.83. The summed E-state index contributed by atoms with van der Waals surface area (Å²) >= 11 is 0. The van der Waals surface area contributed by atoms with Crippen LogP contribution in [0.3, 0.4) is 0 Å². The normalized spacial score (nSPS) is 24.5. The second-order valence-corrected chi connectivity index (χ2v) is 6.68. The van der Waals surface area contributed by atoms with E-state index in [0.717, 1.165) is 37.7 Å². The molecule has 2 atom stereocenters. The summed E-state index contributed by atoms with van der Waals surface area (Å²) < 4.78 is 0. The minimum absolute atomic E-state index is 0.0678. The van der Waals surface area contributed by atoms with E-state index in [2.05, 4.69) is 31.3 Å². The number of nitrogens with one attached hydrogen (secondary N) is 1. The Morgan fingerprint density at radius 3 is 2.41 bits per heavy atom. The van der Waals surface area contributed by atoms with E-state index in [-0.39, 0.29) is 24.5 Å². The molecule has 2 N–H and O–H groups in total. The van der Waals surface area contributed by atoms with Gasteiger partial charge in [0, 0.05) is 12.6 Å². The Hall–Kier alpha value is -1.35. The smallest absolute Gasteiger partial charge is 0.228 e. The third kappa shape index (κ3) is 4.33. The van der Waals surface area contributed by atoms with Crippen LogP contribution in [0, 0.1) is 11.8 Å². The van der Waals surface area contributed by atoms with Gasteiger partial charge < -0.3 is 10.4 Å². The van der Waals surface area contributed by atoms with E-state index in [0.29, 0.717) is 11.8 Å². The third-order valence-electron chi connectivity index (χ3n) is 5.11. The lowest BCUT2D eigenvalue weighted by Crippen LogP contribution is -2.42. The molecule has 1 aliphatic carbocycles. The van der Waals surface area contributed by atoms with Gasteiger partial charge in [0.2, 0.25) is 5.91 Å². The van der Waals surface area contributed by atoms with E-state index in [1.165, 1.54) is 0 Å². The van der Waals surface area contributed by atoms with Gasteiger partial charge in [-0.1, -0.05) is 50.6 Å². The fourth-order valence-electron chi connectivity index (χ4n) is 3.41. The Bertz CT molecular complexity index is 452. The van der Waals surface area contributed by atoms with Crippen LogP contribution >= 0.6 is 0 Å². The van der Waals surface area contributed by atoms with Gasteiger partial charge in [0.25, 0.3) is 0 Å². The molecule has 1 aliphatic rings. The molecule has 0 heterocycles. The monoisotopic (exact) mass is 303 g/mol. The highest BCUT2D eigenvalue weighted by Gasteiger charge is 2.29. The molecule has 0 radical (unpaired) electrons. The first-order chi connectivity index (χ1) is 10.7. The molecule has 0 bridgehead atoms. The van der Waals surface area contributed by atoms with Crippen molar-refractivity contribution in [1.82, 2.24) is 5.32 Å². The van der Waals surface area contributed by atoms with Crippen LogP contribution in [0.25, 0.3) is 0 Å². The molecule has 0 spiro atoms. The number of hydrogen-bond acceptors (Lipinski definition) is 2. The van der Waals surface area contributed by atoms with Crippen LogP contribution in [0.15, 0.2) is 30.3 Å². The zero-order valence-corrected chi connectivity index (χ0v) is 13.8. The molecule has 2 rings (SSSR count). The van der Waals surface area contributed by atoms with Crippen molar-refractivity contribution >= 4 is 5.91 Å². The average molecular weight is 303 g/mol.